The fraction of sp³-hybridized carbons (Fsp3) is 0.222. The highest BCUT2D eigenvalue weighted by Crippen LogP contribution is 2.33. The number of carbonyl (C=O) groups is 1. The molecule has 1 heterocycles. The van der Waals surface area contributed by atoms with Gasteiger partial charge in [0.2, 0.25) is 0 Å². The molecule has 0 aliphatic rings. The van der Waals surface area contributed by atoms with Crippen LogP contribution in [0, 0.1) is 0 Å². The summed E-state index contributed by atoms with van der Waals surface area (Å²) in [6.07, 6.45) is 2.06. The number of ether oxygens (including phenoxy) is 1. The molecule has 1 atom stereocenters. The minimum atomic E-state index is -0.508. The molecule has 0 N–H and O–H groups in total. The van der Waals surface area contributed by atoms with Crippen LogP contribution in [0.1, 0.15) is 29.7 Å². The second-order valence-corrected chi connectivity index (χ2v) is 7.74. The maximum Gasteiger partial charge on any atom is 0.328 e. The Balaban J connectivity index is 1.81. The predicted octanol–water partition coefficient (Wildman–Crippen LogP) is 5.48. The van der Waals surface area contributed by atoms with Gasteiger partial charge in [0.15, 0.2) is 0 Å². The molecule has 4 nitrogen and oxygen atoms in total. The third-order valence-electron chi connectivity index (χ3n) is 5.55. The first kappa shape index (κ1) is 20.9. The van der Waals surface area contributed by atoms with Crippen molar-refractivity contribution < 1.29 is 9.53 Å². The largest absolute Gasteiger partial charge is 0.465 e. The van der Waals surface area contributed by atoms with Crippen LogP contribution in [0.3, 0.4) is 0 Å². The first-order chi connectivity index (χ1) is 15.2. The van der Waals surface area contributed by atoms with Gasteiger partial charge in [-0.25, -0.2) is 4.79 Å². The summed E-state index contributed by atoms with van der Waals surface area (Å²) in [6.45, 7) is 3.49. The van der Waals surface area contributed by atoms with Crippen molar-refractivity contribution in [1.82, 2.24) is 9.47 Å². The van der Waals surface area contributed by atoms with Crippen LogP contribution in [0.5, 0.6) is 0 Å². The number of aromatic nitrogens is 1. The van der Waals surface area contributed by atoms with E-state index in [0.29, 0.717) is 19.7 Å². The number of para-hydroxylation sites is 1. The maximum atomic E-state index is 13.3. The van der Waals surface area contributed by atoms with E-state index < -0.39 is 6.04 Å². The molecule has 0 saturated carbocycles. The zero-order chi connectivity index (χ0) is 21.6. The molecule has 0 spiro atoms. The van der Waals surface area contributed by atoms with Gasteiger partial charge in [-0.1, -0.05) is 78.9 Å². The SMILES string of the molecule is CCOC(=O)C(c1cn(C)c2ccccc12)N(Cc1ccccc1)Cc1ccccc1. The molecule has 0 radical (unpaired) electrons. The summed E-state index contributed by atoms with van der Waals surface area (Å²) in [5.74, 6) is -0.217. The fourth-order valence-electron chi connectivity index (χ4n) is 4.16. The molecule has 1 unspecified atom stereocenters. The van der Waals surface area contributed by atoms with Gasteiger partial charge in [-0.15, -0.1) is 0 Å². The standard InChI is InChI=1S/C27H28N2O2/c1-3-31-27(30)26(24-20-28(2)25-17-11-10-16-23(24)25)29(18-21-12-6-4-7-13-21)19-22-14-8-5-9-15-22/h4-17,20,26H,3,18-19H2,1-2H3. The first-order valence-electron chi connectivity index (χ1n) is 10.7. The lowest BCUT2D eigenvalue weighted by molar-refractivity contribution is -0.150. The predicted molar refractivity (Wildman–Crippen MR) is 124 cm³/mol. The number of carbonyl (C=O) groups excluding carboxylic acids is 1. The second kappa shape index (κ2) is 9.63. The zero-order valence-electron chi connectivity index (χ0n) is 18.1. The minimum Gasteiger partial charge on any atom is -0.465 e. The molecular formula is C27H28N2O2. The zero-order valence-corrected chi connectivity index (χ0v) is 18.1. The van der Waals surface area contributed by atoms with Crippen molar-refractivity contribution in [2.24, 2.45) is 7.05 Å². The lowest BCUT2D eigenvalue weighted by atomic mass is 10.0. The number of nitrogens with zero attached hydrogens (tertiary/aromatic N) is 2. The number of esters is 1. The Morgan fingerprint density at radius 3 is 2.00 bits per heavy atom. The summed E-state index contributed by atoms with van der Waals surface area (Å²) in [7, 11) is 2.02. The molecule has 158 valence electrons. The van der Waals surface area contributed by atoms with Crippen LogP contribution in [0.15, 0.2) is 91.1 Å². The summed E-state index contributed by atoms with van der Waals surface area (Å²) >= 11 is 0. The van der Waals surface area contributed by atoms with Gasteiger partial charge in [-0.3, -0.25) is 4.90 Å². The van der Waals surface area contributed by atoms with Gasteiger partial charge in [-0.2, -0.15) is 0 Å². The van der Waals surface area contributed by atoms with E-state index in [-0.39, 0.29) is 5.97 Å². The number of hydrogen-bond acceptors (Lipinski definition) is 3. The third kappa shape index (κ3) is 4.70. The molecule has 31 heavy (non-hydrogen) atoms. The van der Waals surface area contributed by atoms with E-state index >= 15 is 0 Å². The van der Waals surface area contributed by atoms with Crippen LogP contribution in [-0.4, -0.2) is 22.0 Å². The van der Waals surface area contributed by atoms with Crippen LogP contribution in [-0.2, 0) is 29.7 Å². The highest BCUT2D eigenvalue weighted by atomic mass is 16.5. The van der Waals surface area contributed by atoms with Crippen molar-refractivity contribution in [2.75, 3.05) is 6.61 Å². The highest BCUT2D eigenvalue weighted by molar-refractivity contribution is 5.90. The fourth-order valence-corrected chi connectivity index (χ4v) is 4.16. The Morgan fingerprint density at radius 1 is 0.871 bits per heavy atom. The molecular weight excluding hydrogens is 384 g/mol. The molecule has 1 aromatic heterocycles. The Hall–Kier alpha value is -3.37. The first-order valence-corrected chi connectivity index (χ1v) is 10.7. The molecule has 4 rings (SSSR count). The molecule has 3 aromatic carbocycles. The monoisotopic (exact) mass is 412 g/mol. The number of hydrogen-bond donors (Lipinski definition) is 0. The quantitative estimate of drug-likeness (QED) is 0.359. The second-order valence-electron chi connectivity index (χ2n) is 7.74. The van der Waals surface area contributed by atoms with Gasteiger partial charge in [0.1, 0.15) is 6.04 Å². The van der Waals surface area contributed by atoms with Crippen LogP contribution in [0.25, 0.3) is 10.9 Å². The Bertz CT molecular complexity index is 1090. The molecule has 4 aromatic rings. The molecule has 0 amide bonds. The smallest absolute Gasteiger partial charge is 0.328 e. The van der Waals surface area contributed by atoms with Crippen molar-refractivity contribution in [1.29, 1.82) is 0 Å². The summed E-state index contributed by atoms with van der Waals surface area (Å²) in [5, 5.41) is 1.08. The van der Waals surface area contributed by atoms with Crippen molar-refractivity contribution in [2.45, 2.75) is 26.1 Å². The van der Waals surface area contributed by atoms with E-state index in [0.717, 1.165) is 27.6 Å². The Kier molecular flexibility index (Phi) is 6.48. The minimum absolute atomic E-state index is 0.217. The molecule has 0 aliphatic carbocycles. The Labute approximate surface area is 183 Å². The molecule has 0 aliphatic heterocycles. The van der Waals surface area contributed by atoms with Crippen LogP contribution in [0.4, 0.5) is 0 Å². The highest BCUT2D eigenvalue weighted by Gasteiger charge is 2.32. The Morgan fingerprint density at radius 2 is 1.42 bits per heavy atom. The summed E-state index contributed by atoms with van der Waals surface area (Å²) in [5.41, 5.74) is 4.40. The van der Waals surface area contributed by atoms with Crippen molar-refractivity contribution >= 4 is 16.9 Å². The van der Waals surface area contributed by atoms with Crippen LogP contribution >= 0.6 is 0 Å². The third-order valence-corrected chi connectivity index (χ3v) is 5.55. The van der Waals surface area contributed by atoms with Gasteiger partial charge in [0.25, 0.3) is 0 Å². The molecule has 0 fully saturated rings. The lowest BCUT2D eigenvalue weighted by Gasteiger charge is -2.30. The number of rotatable bonds is 8. The van der Waals surface area contributed by atoms with Gasteiger partial charge in [0, 0.05) is 42.8 Å². The van der Waals surface area contributed by atoms with Gasteiger partial charge >= 0.3 is 5.97 Å². The summed E-state index contributed by atoms with van der Waals surface area (Å²) in [4.78, 5) is 15.6. The van der Waals surface area contributed by atoms with E-state index in [1.807, 2.05) is 62.5 Å². The number of aryl methyl sites for hydroxylation is 1. The van der Waals surface area contributed by atoms with E-state index in [4.69, 9.17) is 4.74 Å². The average Bonchev–Trinajstić information content (AvgIpc) is 3.12. The van der Waals surface area contributed by atoms with Gasteiger partial charge in [-0.05, 0) is 24.1 Å². The molecule has 0 saturated heterocycles. The maximum absolute atomic E-state index is 13.3. The normalized spacial score (nSPS) is 12.2. The van der Waals surface area contributed by atoms with Gasteiger partial charge < -0.3 is 9.30 Å². The van der Waals surface area contributed by atoms with Gasteiger partial charge in [0.05, 0.1) is 6.61 Å². The van der Waals surface area contributed by atoms with Crippen molar-refractivity contribution in [3.63, 3.8) is 0 Å². The number of fused-ring (bicyclic) bond motifs is 1. The topological polar surface area (TPSA) is 34.5 Å². The van der Waals surface area contributed by atoms with E-state index in [1.54, 1.807) is 0 Å². The van der Waals surface area contributed by atoms with Crippen LogP contribution < -0.4 is 0 Å². The summed E-state index contributed by atoms with van der Waals surface area (Å²) < 4.78 is 7.67. The average molecular weight is 413 g/mol. The molecule has 0 bridgehead atoms. The molecule has 4 heteroatoms. The number of benzene rings is 3. The van der Waals surface area contributed by atoms with Crippen molar-refractivity contribution in [3.05, 3.63) is 108 Å². The van der Waals surface area contributed by atoms with E-state index in [2.05, 4.69) is 52.1 Å². The lowest BCUT2D eigenvalue weighted by Crippen LogP contribution is -2.34. The van der Waals surface area contributed by atoms with E-state index in [1.165, 1.54) is 0 Å². The summed E-state index contributed by atoms with van der Waals surface area (Å²) in [6, 6.07) is 28.3. The van der Waals surface area contributed by atoms with Crippen LogP contribution in [0.2, 0.25) is 0 Å². The van der Waals surface area contributed by atoms with E-state index in [9.17, 15) is 4.79 Å². The van der Waals surface area contributed by atoms with Crippen molar-refractivity contribution in [3.8, 4) is 0 Å².